The molecule has 0 aliphatic carbocycles. The number of para-hydroxylation sites is 1. The Kier molecular flexibility index (Phi) is 4.41. The van der Waals surface area contributed by atoms with E-state index in [9.17, 15) is 0 Å². The van der Waals surface area contributed by atoms with Gasteiger partial charge >= 0.3 is 0 Å². The molecule has 3 nitrogen and oxygen atoms in total. The van der Waals surface area contributed by atoms with Gasteiger partial charge < -0.3 is 4.98 Å². The highest BCUT2D eigenvalue weighted by molar-refractivity contribution is 5.87. The molecule has 0 radical (unpaired) electrons. The zero-order chi connectivity index (χ0) is 14.5. The number of benzene rings is 1. The molecule has 0 amide bonds. The van der Waals surface area contributed by atoms with E-state index in [0.717, 1.165) is 28.0 Å². The number of nitrogens with zero attached hydrogens (tertiary/aromatic N) is 1. The molecule has 0 bridgehead atoms. The van der Waals surface area contributed by atoms with Crippen LogP contribution in [0.4, 0.5) is 0 Å². The molecule has 3 heteroatoms. The number of rotatable bonds is 2. The Morgan fingerprint density at radius 1 is 1.25 bits per heavy atom. The molecule has 1 aromatic carbocycles. The van der Waals surface area contributed by atoms with Crippen LogP contribution in [0.3, 0.4) is 0 Å². The van der Waals surface area contributed by atoms with E-state index in [1.54, 1.807) is 0 Å². The van der Waals surface area contributed by atoms with Gasteiger partial charge in [0.05, 0.1) is 17.6 Å². The molecule has 2 N–H and O–H groups in total. The third-order valence-electron chi connectivity index (χ3n) is 2.90. The number of H-pyrrole nitrogens is 2. The summed E-state index contributed by atoms with van der Waals surface area (Å²) in [4.78, 5) is 3.38. The number of fused-ring (bicyclic) bond motifs is 1. The van der Waals surface area contributed by atoms with Gasteiger partial charge in [-0.2, -0.15) is 5.10 Å². The molecule has 20 heavy (non-hydrogen) atoms. The Balaban J connectivity index is 0.000000452. The van der Waals surface area contributed by atoms with E-state index in [2.05, 4.69) is 53.8 Å². The summed E-state index contributed by atoms with van der Waals surface area (Å²) in [6.07, 6.45) is 3.06. The number of aromatic amines is 2. The van der Waals surface area contributed by atoms with Crippen LogP contribution in [0.25, 0.3) is 27.9 Å². The van der Waals surface area contributed by atoms with Crippen LogP contribution in [0, 0.1) is 0 Å². The maximum atomic E-state index is 4.08. The van der Waals surface area contributed by atoms with Crippen molar-refractivity contribution in [3.63, 3.8) is 0 Å². The fraction of sp³-hybridized carbons (Fsp3) is 0.235. The van der Waals surface area contributed by atoms with Crippen molar-refractivity contribution in [3.05, 3.63) is 48.7 Å². The minimum Gasteiger partial charge on any atom is -0.353 e. The molecule has 2 heterocycles. The SMILES string of the molecule is C=C(C)c1cn[nH]c1-c1cc2ccccc2[nH]1.CCC. The molecule has 0 atom stereocenters. The van der Waals surface area contributed by atoms with E-state index < -0.39 is 0 Å². The smallest absolute Gasteiger partial charge is 0.0887 e. The normalized spacial score (nSPS) is 10.2. The van der Waals surface area contributed by atoms with E-state index >= 15 is 0 Å². The van der Waals surface area contributed by atoms with Crippen LogP contribution in [0.15, 0.2) is 43.1 Å². The van der Waals surface area contributed by atoms with Crippen LogP contribution >= 0.6 is 0 Å². The first kappa shape index (κ1) is 14.1. The summed E-state index contributed by atoms with van der Waals surface area (Å²) in [5, 5.41) is 8.31. The van der Waals surface area contributed by atoms with Crippen LogP contribution in [-0.4, -0.2) is 15.2 Å². The highest BCUT2D eigenvalue weighted by Crippen LogP contribution is 2.27. The monoisotopic (exact) mass is 267 g/mol. The van der Waals surface area contributed by atoms with Crippen molar-refractivity contribution < 1.29 is 0 Å². The Morgan fingerprint density at radius 2 is 1.95 bits per heavy atom. The second kappa shape index (κ2) is 6.24. The molecule has 3 rings (SSSR count). The first-order valence-corrected chi connectivity index (χ1v) is 6.94. The lowest BCUT2D eigenvalue weighted by Crippen LogP contribution is -1.82. The lowest BCUT2D eigenvalue weighted by Gasteiger charge is -1.98. The van der Waals surface area contributed by atoms with E-state index in [-0.39, 0.29) is 0 Å². The maximum Gasteiger partial charge on any atom is 0.0887 e. The van der Waals surface area contributed by atoms with Crippen LogP contribution in [0.2, 0.25) is 0 Å². The summed E-state index contributed by atoms with van der Waals surface area (Å²) in [6.45, 7) is 10.2. The average Bonchev–Trinajstić information content (AvgIpc) is 3.05. The molecular formula is C17H21N3. The van der Waals surface area contributed by atoms with Crippen molar-refractivity contribution in [1.82, 2.24) is 15.2 Å². The van der Waals surface area contributed by atoms with Gasteiger partial charge in [0.25, 0.3) is 0 Å². The van der Waals surface area contributed by atoms with Crippen molar-refractivity contribution in [3.8, 4) is 11.4 Å². The van der Waals surface area contributed by atoms with Gasteiger partial charge in [-0.25, -0.2) is 0 Å². The van der Waals surface area contributed by atoms with Crippen LogP contribution < -0.4 is 0 Å². The Bertz CT molecular complexity index is 671. The van der Waals surface area contributed by atoms with Crippen molar-refractivity contribution >= 4 is 16.5 Å². The Labute approximate surface area is 119 Å². The zero-order valence-corrected chi connectivity index (χ0v) is 12.3. The van der Waals surface area contributed by atoms with Gasteiger partial charge in [0.15, 0.2) is 0 Å². The first-order chi connectivity index (χ1) is 9.67. The fourth-order valence-electron chi connectivity index (χ4n) is 2.02. The molecule has 0 aliphatic heterocycles. The highest BCUT2D eigenvalue weighted by atomic mass is 15.1. The van der Waals surface area contributed by atoms with Crippen LogP contribution in [0.1, 0.15) is 32.8 Å². The molecule has 3 aromatic rings. The predicted octanol–water partition coefficient (Wildman–Crippen LogP) is 5.01. The second-order valence-corrected chi connectivity index (χ2v) is 4.92. The lowest BCUT2D eigenvalue weighted by molar-refractivity contribution is 1.09. The molecule has 0 aliphatic rings. The van der Waals surface area contributed by atoms with Crippen molar-refractivity contribution in [2.45, 2.75) is 27.2 Å². The van der Waals surface area contributed by atoms with Gasteiger partial charge in [-0.05, 0) is 24.6 Å². The van der Waals surface area contributed by atoms with E-state index in [0.29, 0.717) is 0 Å². The van der Waals surface area contributed by atoms with Crippen LogP contribution in [0.5, 0.6) is 0 Å². The van der Waals surface area contributed by atoms with Gasteiger partial charge in [0.2, 0.25) is 0 Å². The van der Waals surface area contributed by atoms with E-state index in [1.807, 2.05) is 25.3 Å². The zero-order valence-electron chi connectivity index (χ0n) is 12.3. The molecule has 104 valence electrons. The standard InChI is InChI=1S/C14H13N3.C3H8/c1-9(2)11-8-15-17-14(11)13-7-10-5-3-4-6-12(10)16-13;1-3-2/h3-8,16H,1H2,2H3,(H,15,17);3H2,1-2H3. The summed E-state index contributed by atoms with van der Waals surface area (Å²) in [6, 6.07) is 10.3. The third kappa shape index (κ3) is 2.82. The molecule has 2 aromatic heterocycles. The van der Waals surface area contributed by atoms with Crippen molar-refractivity contribution in [2.75, 3.05) is 0 Å². The highest BCUT2D eigenvalue weighted by Gasteiger charge is 2.10. The summed E-state index contributed by atoms with van der Waals surface area (Å²) < 4.78 is 0. The van der Waals surface area contributed by atoms with Crippen LogP contribution in [-0.2, 0) is 0 Å². The number of allylic oxidation sites excluding steroid dienone is 1. The van der Waals surface area contributed by atoms with Crippen molar-refractivity contribution in [1.29, 1.82) is 0 Å². The fourth-order valence-corrected chi connectivity index (χ4v) is 2.02. The summed E-state index contributed by atoms with van der Waals surface area (Å²) in [7, 11) is 0. The Hall–Kier alpha value is -2.29. The topological polar surface area (TPSA) is 44.5 Å². The second-order valence-electron chi connectivity index (χ2n) is 4.92. The molecule has 0 saturated carbocycles. The molecule has 0 fully saturated rings. The predicted molar refractivity (Wildman–Crippen MR) is 86.6 cm³/mol. The third-order valence-corrected chi connectivity index (χ3v) is 2.90. The minimum absolute atomic E-state index is 0.994. The average molecular weight is 267 g/mol. The molecule has 0 spiro atoms. The summed E-state index contributed by atoms with van der Waals surface area (Å²) >= 11 is 0. The number of hydrogen-bond acceptors (Lipinski definition) is 1. The van der Waals surface area contributed by atoms with E-state index in [1.165, 1.54) is 11.8 Å². The van der Waals surface area contributed by atoms with Crippen molar-refractivity contribution in [2.24, 2.45) is 0 Å². The molecule has 0 saturated heterocycles. The van der Waals surface area contributed by atoms with Gasteiger partial charge in [-0.3, -0.25) is 5.10 Å². The van der Waals surface area contributed by atoms with Gasteiger partial charge in [-0.15, -0.1) is 0 Å². The lowest BCUT2D eigenvalue weighted by atomic mass is 10.1. The first-order valence-electron chi connectivity index (χ1n) is 6.94. The van der Waals surface area contributed by atoms with Gasteiger partial charge in [0.1, 0.15) is 0 Å². The summed E-state index contributed by atoms with van der Waals surface area (Å²) in [5.74, 6) is 0. The summed E-state index contributed by atoms with van der Waals surface area (Å²) in [5.41, 5.74) is 5.23. The van der Waals surface area contributed by atoms with E-state index in [4.69, 9.17) is 0 Å². The number of aromatic nitrogens is 3. The largest absolute Gasteiger partial charge is 0.353 e. The molecular weight excluding hydrogens is 246 g/mol. The Morgan fingerprint density at radius 3 is 2.60 bits per heavy atom. The van der Waals surface area contributed by atoms with Gasteiger partial charge in [0, 0.05) is 16.5 Å². The maximum absolute atomic E-state index is 4.08. The van der Waals surface area contributed by atoms with Gasteiger partial charge in [-0.1, -0.05) is 45.0 Å². The molecule has 0 unspecified atom stereocenters. The minimum atomic E-state index is 0.994. The quantitative estimate of drug-likeness (QED) is 0.673. The number of nitrogens with one attached hydrogen (secondary N) is 2. The number of hydrogen-bond donors (Lipinski definition) is 2.